The molecule has 1 aromatic carbocycles. The smallest absolute Gasteiger partial charge is 0.119 e. The number of ether oxygens (including phenoxy) is 2. The maximum absolute atomic E-state index is 6.31. The summed E-state index contributed by atoms with van der Waals surface area (Å²) in [5.74, 6) is 0.904. The van der Waals surface area contributed by atoms with E-state index in [4.69, 9.17) is 15.2 Å². The highest BCUT2D eigenvalue weighted by Gasteiger charge is 2.21. The van der Waals surface area contributed by atoms with Gasteiger partial charge < -0.3 is 15.2 Å². The van der Waals surface area contributed by atoms with Crippen molar-refractivity contribution >= 4 is 0 Å². The molecule has 0 amide bonds. The Labute approximate surface area is 121 Å². The first-order chi connectivity index (χ1) is 9.72. The minimum Gasteiger partial charge on any atom is -0.494 e. The van der Waals surface area contributed by atoms with Crippen LogP contribution >= 0.6 is 0 Å². The van der Waals surface area contributed by atoms with Gasteiger partial charge in [-0.05, 0) is 31.0 Å². The zero-order chi connectivity index (χ0) is 14.4. The average Bonchev–Trinajstić information content (AvgIpc) is 2.48. The summed E-state index contributed by atoms with van der Waals surface area (Å²) in [5, 5.41) is 0. The normalized spacial score (nSPS) is 21.6. The van der Waals surface area contributed by atoms with E-state index in [1.54, 1.807) is 0 Å². The van der Waals surface area contributed by atoms with Gasteiger partial charge in [0.25, 0.3) is 0 Å². The quantitative estimate of drug-likeness (QED) is 0.866. The van der Waals surface area contributed by atoms with Gasteiger partial charge in [-0.2, -0.15) is 0 Å². The van der Waals surface area contributed by atoms with Crippen LogP contribution in [0.2, 0.25) is 0 Å². The maximum Gasteiger partial charge on any atom is 0.119 e. The molecule has 1 heterocycles. The molecule has 0 aromatic heterocycles. The third kappa shape index (κ3) is 4.20. The predicted molar refractivity (Wildman–Crippen MR) is 81.0 cm³/mol. The largest absolute Gasteiger partial charge is 0.494 e. The first-order valence-electron chi connectivity index (χ1n) is 7.55. The number of nitrogens with zero attached hydrogens (tertiary/aromatic N) is 1. The Morgan fingerprint density at radius 3 is 2.75 bits per heavy atom. The zero-order valence-corrected chi connectivity index (χ0v) is 12.5. The van der Waals surface area contributed by atoms with Crippen LogP contribution in [0.1, 0.15) is 31.9 Å². The number of rotatable bonds is 6. The Hall–Kier alpha value is -1.10. The Morgan fingerprint density at radius 1 is 1.35 bits per heavy atom. The number of morpholine rings is 1. The molecule has 4 heteroatoms. The van der Waals surface area contributed by atoms with Crippen LogP contribution in [0.3, 0.4) is 0 Å². The fraction of sp³-hybridized carbons (Fsp3) is 0.625. The second-order valence-electron chi connectivity index (χ2n) is 5.27. The molecule has 1 aromatic rings. The van der Waals surface area contributed by atoms with Gasteiger partial charge in [-0.3, -0.25) is 4.90 Å². The minimum absolute atomic E-state index is 0.0429. The molecule has 0 bridgehead atoms. The van der Waals surface area contributed by atoms with Crippen molar-refractivity contribution in [2.24, 2.45) is 5.73 Å². The van der Waals surface area contributed by atoms with Crippen LogP contribution in [-0.4, -0.2) is 43.9 Å². The van der Waals surface area contributed by atoms with Gasteiger partial charge in [0.15, 0.2) is 0 Å². The molecule has 0 spiro atoms. The van der Waals surface area contributed by atoms with Crippen molar-refractivity contribution in [2.45, 2.75) is 32.4 Å². The van der Waals surface area contributed by atoms with Crippen LogP contribution in [0.4, 0.5) is 0 Å². The SMILES string of the molecule is CCOc1ccc(C(N)CN2CCOC(CC)C2)cc1. The number of benzene rings is 1. The maximum atomic E-state index is 6.31. The van der Waals surface area contributed by atoms with Gasteiger partial charge in [0.2, 0.25) is 0 Å². The predicted octanol–water partition coefficient (Wildman–Crippen LogP) is 2.20. The molecule has 1 aliphatic heterocycles. The van der Waals surface area contributed by atoms with Gasteiger partial charge >= 0.3 is 0 Å². The van der Waals surface area contributed by atoms with Gasteiger partial charge in [0, 0.05) is 25.7 Å². The molecule has 1 fully saturated rings. The summed E-state index contributed by atoms with van der Waals surface area (Å²) in [7, 11) is 0. The molecule has 20 heavy (non-hydrogen) atoms. The van der Waals surface area contributed by atoms with E-state index in [0.717, 1.165) is 44.0 Å². The molecule has 0 saturated carbocycles. The molecule has 2 N–H and O–H groups in total. The molecule has 0 aliphatic carbocycles. The lowest BCUT2D eigenvalue weighted by Gasteiger charge is -2.34. The molecule has 2 unspecified atom stereocenters. The van der Waals surface area contributed by atoms with E-state index in [1.807, 2.05) is 19.1 Å². The van der Waals surface area contributed by atoms with Crippen LogP contribution in [0, 0.1) is 0 Å². The van der Waals surface area contributed by atoms with Crippen molar-refractivity contribution in [3.8, 4) is 5.75 Å². The van der Waals surface area contributed by atoms with E-state index in [9.17, 15) is 0 Å². The van der Waals surface area contributed by atoms with E-state index in [0.29, 0.717) is 12.7 Å². The van der Waals surface area contributed by atoms with Gasteiger partial charge in [-0.25, -0.2) is 0 Å². The second kappa shape index (κ2) is 7.62. The molecule has 2 rings (SSSR count). The lowest BCUT2D eigenvalue weighted by Crippen LogP contribution is -2.44. The van der Waals surface area contributed by atoms with Gasteiger partial charge in [0.1, 0.15) is 5.75 Å². The fourth-order valence-electron chi connectivity index (χ4n) is 2.55. The van der Waals surface area contributed by atoms with Crippen molar-refractivity contribution < 1.29 is 9.47 Å². The highest BCUT2D eigenvalue weighted by molar-refractivity contribution is 5.29. The first-order valence-corrected chi connectivity index (χ1v) is 7.55. The van der Waals surface area contributed by atoms with Crippen LogP contribution in [0.25, 0.3) is 0 Å². The standard InChI is InChI=1S/C16H26N2O2/c1-3-14-11-18(9-10-20-14)12-16(17)13-5-7-15(8-6-13)19-4-2/h5-8,14,16H,3-4,9-12,17H2,1-2H3. The molecule has 1 saturated heterocycles. The summed E-state index contributed by atoms with van der Waals surface area (Å²) >= 11 is 0. The number of hydrogen-bond acceptors (Lipinski definition) is 4. The molecular formula is C16H26N2O2. The van der Waals surface area contributed by atoms with Crippen molar-refractivity contribution in [2.75, 3.05) is 32.8 Å². The highest BCUT2D eigenvalue weighted by atomic mass is 16.5. The average molecular weight is 278 g/mol. The van der Waals surface area contributed by atoms with Crippen molar-refractivity contribution in [1.29, 1.82) is 0 Å². The van der Waals surface area contributed by atoms with Gasteiger partial charge in [-0.15, -0.1) is 0 Å². The lowest BCUT2D eigenvalue weighted by molar-refractivity contribution is -0.0312. The van der Waals surface area contributed by atoms with Crippen LogP contribution in [0.5, 0.6) is 5.75 Å². The Morgan fingerprint density at radius 2 is 2.10 bits per heavy atom. The van der Waals surface area contributed by atoms with Crippen molar-refractivity contribution in [3.05, 3.63) is 29.8 Å². The first kappa shape index (κ1) is 15.3. The monoisotopic (exact) mass is 278 g/mol. The Balaban J connectivity index is 1.88. The Bertz CT molecular complexity index is 394. The Kier molecular flexibility index (Phi) is 5.83. The van der Waals surface area contributed by atoms with E-state index in [-0.39, 0.29) is 6.04 Å². The zero-order valence-electron chi connectivity index (χ0n) is 12.5. The van der Waals surface area contributed by atoms with Gasteiger partial charge in [0.05, 0.1) is 19.3 Å². The molecule has 0 radical (unpaired) electrons. The highest BCUT2D eigenvalue weighted by Crippen LogP contribution is 2.18. The number of hydrogen-bond donors (Lipinski definition) is 1. The summed E-state index contributed by atoms with van der Waals surface area (Å²) in [4.78, 5) is 2.40. The summed E-state index contributed by atoms with van der Waals surface area (Å²) in [6.45, 7) is 8.51. The van der Waals surface area contributed by atoms with Crippen LogP contribution in [-0.2, 0) is 4.74 Å². The summed E-state index contributed by atoms with van der Waals surface area (Å²) < 4.78 is 11.1. The third-order valence-corrected chi connectivity index (χ3v) is 3.75. The summed E-state index contributed by atoms with van der Waals surface area (Å²) in [6, 6.07) is 8.15. The molecule has 2 atom stereocenters. The van der Waals surface area contributed by atoms with E-state index < -0.39 is 0 Å². The van der Waals surface area contributed by atoms with Crippen LogP contribution in [0.15, 0.2) is 24.3 Å². The third-order valence-electron chi connectivity index (χ3n) is 3.75. The topological polar surface area (TPSA) is 47.7 Å². The van der Waals surface area contributed by atoms with Gasteiger partial charge in [-0.1, -0.05) is 19.1 Å². The summed E-state index contributed by atoms with van der Waals surface area (Å²) in [6.07, 6.45) is 1.42. The van der Waals surface area contributed by atoms with Crippen LogP contribution < -0.4 is 10.5 Å². The van der Waals surface area contributed by atoms with E-state index in [1.165, 1.54) is 0 Å². The molecule has 4 nitrogen and oxygen atoms in total. The fourth-order valence-corrected chi connectivity index (χ4v) is 2.55. The minimum atomic E-state index is 0.0429. The summed E-state index contributed by atoms with van der Waals surface area (Å²) in [5.41, 5.74) is 7.47. The van der Waals surface area contributed by atoms with Crippen molar-refractivity contribution in [3.63, 3.8) is 0 Å². The lowest BCUT2D eigenvalue weighted by atomic mass is 10.1. The second-order valence-corrected chi connectivity index (χ2v) is 5.27. The molecular weight excluding hydrogens is 252 g/mol. The van der Waals surface area contributed by atoms with E-state index >= 15 is 0 Å². The molecule has 1 aliphatic rings. The number of nitrogens with two attached hydrogens (primary N) is 1. The van der Waals surface area contributed by atoms with E-state index in [2.05, 4.69) is 24.0 Å². The molecule has 112 valence electrons. The van der Waals surface area contributed by atoms with Crippen molar-refractivity contribution in [1.82, 2.24) is 4.90 Å².